The van der Waals surface area contributed by atoms with Gasteiger partial charge < -0.3 is 24.4 Å². The van der Waals surface area contributed by atoms with Gasteiger partial charge in [0.05, 0.1) is 12.2 Å². The smallest absolute Gasteiger partial charge is 0.267 e. The standard InChI is InChI=1S/C21H22N2O5/c1-14-21(25)23(16-6-2-3-7-17(16)27-14)11-10-20(24)22-12-15-13-26-18-8-4-5-9-19(18)28-15/h2-9,14-15H,10-13H2,1H3,(H,22,24)/t14-,15+/m1/s1. The molecular formula is C21H22N2O5. The number of carbonyl (C=O) groups excluding carboxylic acids is 2. The van der Waals surface area contributed by atoms with Crippen molar-refractivity contribution >= 4 is 17.5 Å². The Hall–Kier alpha value is -3.22. The molecule has 2 heterocycles. The quantitative estimate of drug-likeness (QED) is 0.857. The average Bonchev–Trinajstić information content (AvgIpc) is 2.72. The minimum atomic E-state index is -0.564. The van der Waals surface area contributed by atoms with Gasteiger partial charge in [-0.15, -0.1) is 0 Å². The highest BCUT2D eigenvalue weighted by Crippen LogP contribution is 2.33. The van der Waals surface area contributed by atoms with Crippen molar-refractivity contribution in [1.29, 1.82) is 0 Å². The fraction of sp³-hybridized carbons (Fsp3) is 0.333. The van der Waals surface area contributed by atoms with Crippen LogP contribution in [-0.4, -0.2) is 43.7 Å². The van der Waals surface area contributed by atoms with Crippen molar-refractivity contribution < 1.29 is 23.8 Å². The largest absolute Gasteiger partial charge is 0.486 e. The molecule has 146 valence electrons. The van der Waals surface area contributed by atoms with E-state index in [-0.39, 0.29) is 24.3 Å². The number of hydrogen-bond acceptors (Lipinski definition) is 5. The van der Waals surface area contributed by atoms with Gasteiger partial charge in [-0.3, -0.25) is 9.59 Å². The monoisotopic (exact) mass is 382 g/mol. The molecule has 7 heteroatoms. The van der Waals surface area contributed by atoms with Crippen LogP contribution in [0.25, 0.3) is 0 Å². The number of nitrogens with one attached hydrogen (secondary N) is 1. The van der Waals surface area contributed by atoms with Gasteiger partial charge in [-0.1, -0.05) is 24.3 Å². The van der Waals surface area contributed by atoms with Crippen molar-refractivity contribution in [2.75, 3.05) is 24.6 Å². The van der Waals surface area contributed by atoms with Gasteiger partial charge in [-0.2, -0.15) is 0 Å². The molecule has 2 aromatic carbocycles. The van der Waals surface area contributed by atoms with Gasteiger partial charge in [0.1, 0.15) is 18.5 Å². The van der Waals surface area contributed by atoms with E-state index in [9.17, 15) is 9.59 Å². The van der Waals surface area contributed by atoms with Crippen LogP contribution < -0.4 is 24.4 Å². The van der Waals surface area contributed by atoms with E-state index in [2.05, 4.69) is 5.32 Å². The van der Waals surface area contributed by atoms with Crippen LogP contribution in [0.4, 0.5) is 5.69 Å². The van der Waals surface area contributed by atoms with Gasteiger partial charge in [-0.25, -0.2) is 0 Å². The van der Waals surface area contributed by atoms with Crippen LogP contribution in [0.3, 0.4) is 0 Å². The number of para-hydroxylation sites is 4. The van der Waals surface area contributed by atoms with Crippen molar-refractivity contribution in [2.45, 2.75) is 25.6 Å². The molecule has 0 saturated carbocycles. The van der Waals surface area contributed by atoms with E-state index in [0.717, 1.165) is 0 Å². The lowest BCUT2D eigenvalue weighted by Crippen LogP contribution is -2.46. The Morgan fingerprint density at radius 1 is 1.07 bits per heavy atom. The molecule has 0 saturated heterocycles. The summed E-state index contributed by atoms with van der Waals surface area (Å²) in [6, 6.07) is 14.8. The number of carbonyl (C=O) groups is 2. The molecule has 1 N–H and O–H groups in total. The first kappa shape index (κ1) is 18.2. The topological polar surface area (TPSA) is 77.1 Å². The Morgan fingerprint density at radius 3 is 2.61 bits per heavy atom. The highest BCUT2D eigenvalue weighted by Gasteiger charge is 2.31. The van der Waals surface area contributed by atoms with Gasteiger partial charge in [0.15, 0.2) is 17.6 Å². The number of rotatable bonds is 5. The third-order valence-corrected chi connectivity index (χ3v) is 4.73. The van der Waals surface area contributed by atoms with Crippen molar-refractivity contribution in [2.24, 2.45) is 0 Å². The average molecular weight is 382 g/mol. The van der Waals surface area contributed by atoms with E-state index in [1.54, 1.807) is 11.8 Å². The summed E-state index contributed by atoms with van der Waals surface area (Å²) in [5, 5.41) is 2.86. The highest BCUT2D eigenvalue weighted by atomic mass is 16.6. The number of hydrogen-bond donors (Lipinski definition) is 1. The maximum Gasteiger partial charge on any atom is 0.267 e. The molecule has 0 unspecified atom stereocenters. The fourth-order valence-corrected chi connectivity index (χ4v) is 3.28. The Morgan fingerprint density at radius 2 is 1.79 bits per heavy atom. The lowest BCUT2D eigenvalue weighted by Gasteiger charge is -2.32. The molecule has 28 heavy (non-hydrogen) atoms. The van der Waals surface area contributed by atoms with Gasteiger partial charge in [0, 0.05) is 13.0 Å². The first-order chi connectivity index (χ1) is 13.6. The van der Waals surface area contributed by atoms with Crippen molar-refractivity contribution in [3.8, 4) is 17.2 Å². The summed E-state index contributed by atoms with van der Waals surface area (Å²) in [5.41, 5.74) is 0.694. The maximum atomic E-state index is 12.5. The van der Waals surface area contributed by atoms with Gasteiger partial charge in [0.25, 0.3) is 5.91 Å². The van der Waals surface area contributed by atoms with E-state index < -0.39 is 6.10 Å². The second-order valence-electron chi connectivity index (χ2n) is 6.77. The molecule has 0 fully saturated rings. The Bertz CT molecular complexity index is 885. The summed E-state index contributed by atoms with van der Waals surface area (Å²) in [4.78, 5) is 26.4. The van der Waals surface area contributed by atoms with Crippen LogP contribution in [0.15, 0.2) is 48.5 Å². The molecule has 0 radical (unpaired) electrons. The van der Waals surface area contributed by atoms with Crippen LogP contribution in [-0.2, 0) is 9.59 Å². The van der Waals surface area contributed by atoms with Crippen molar-refractivity contribution in [3.63, 3.8) is 0 Å². The lowest BCUT2D eigenvalue weighted by molar-refractivity contribution is -0.125. The lowest BCUT2D eigenvalue weighted by atomic mass is 10.1. The van der Waals surface area contributed by atoms with Crippen LogP contribution >= 0.6 is 0 Å². The van der Waals surface area contributed by atoms with E-state index in [1.165, 1.54) is 0 Å². The molecule has 4 rings (SSSR count). The van der Waals surface area contributed by atoms with Crippen molar-refractivity contribution in [3.05, 3.63) is 48.5 Å². The Kier molecular flexibility index (Phi) is 5.06. The summed E-state index contributed by atoms with van der Waals surface area (Å²) < 4.78 is 17.1. The van der Waals surface area contributed by atoms with Crippen LogP contribution in [0.1, 0.15) is 13.3 Å². The van der Waals surface area contributed by atoms with E-state index in [1.807, 2.05) is 48.5 Å². The van der Waals surface area contributed by atoms with E-state index in [0.29, 0.717) is 42.6 Å². The highest BCUT2D eigenvalue weighted by molar-refractivity contribution is 6.00. The normalized spacial score (nSPS) is 20.2. The van der Waals surface area contributed by atoms with E-state index in [4.69, 9.17) is 14.2 Å². The predicted molar refractivity (Wildman–Crippen MR) is 103 cm³/mol. The molecular weight excluding hydrogens is 360 g/mol. The number of benzene rings is 2. The molecule has 2 aromatic rings. The number of anilines is 1. The molecule has 7 nitrogen and oxygen atoms in total. The minimum Gasteiger partial charge on any atom is -0.486 e. The third-order valence-electron chi connectivity index (χ3n) is 4.73. The second kappa shape index (κ2) is 7.80. The summed E-state index contributed by atoms with van der Waals surface area (Å²) in [7, 11) is 0. The zero-order valence-corrected chi connectivity index (χ0v) is 15.6. The van der Waals surface area contributed by atoms with Crippen LogP contribution in [0.2, 0.25) is 0 Å². The predicted octanol–water partition coefficient (Wildman–Crippen LogP) is 2.15. The summed E-state index contributed by atoms with van der Waals surface area (Å²) in [5.74, 6) is 1.75. The molecule has 0 bridgehead atoms. The number of nitrogens with zero attached hydrogens (tertiary/aromatic N) is 1. The SMILES string of the molecule is C[C@H]1Oc2ccccc2N(CCC(=O)NC[C@H]2COc3ccccc3O2)C1=O. The van der Waals surface area contributed by atoms with Crippen molar-refractivity contribution in [1.82, 2.24) is 5.32 Å². The van der Waals surface area contributed by atoms with E-state index >= 15 is 0 Å². The summed E-state index contributed by atoms with van der Waals surface area (Å²) in [6.07, 6.45) is -0.618. The molecule has 2 aliphatic rings. The maximum absolute atomic E-state index is 12.5. The van der Waals surface area contributed by atoms with Crippen LogP contribution in [0, 0.1) is 0 Å². The Labute approximate surface area is 163 Å². The summed E-state index contributed by atoms with van der Waals surface area (Å²) >= 11 is 0. The second-order valence-corrected chi connectivity index (χ2v) is 6.77. The molecule has 0 spiro atoms. The zero-order chi connectivity index (χ0) is 19.5. The molecule has 2 amide bonds. The third kappa shape index (κ3) is 3.74. The molecule has 0 aliphatic carbocycles. The number of ether oxygens (including phenoxy) is 3. The molecule has 2 atom stereocenters. The minimum absolute atomic E-state index is 0.146. The molecule has 0 aromatic heterocycles. The molecule has 2 aliphatic heterocycles. The van der Waals surface area contributed by atoms with Gasteiger partial charge >= 0.3 is 0 Å². The number of fused-ring (bicyclic) bond motifs is 2. The zero-order valence-electron chi connectivity index (χ0n) is 15.6. The fourth-order valence-electron chi connectivity index (χ4n) is 3.28. The number of amides is 2. The van der Waals surface area contributed by atoms with Gasteiger partial charge in [0.2, 0.25) is 5.91 Å². The van der Waals surface area contributed by atoms with Crippen LogP contribution in [0.5, 0.6) is 17.2 Å². The van der Waals surface area contributed by atoms with Gasteiger partial charge in [-0.05, 0) is 31.2 Å². The summed E-state index contributed by atoms with van der Waals surface area (Å²) in [6.45, 7) is 2.73. The Balaban J connectivity index is 1.30. The first-order valence-electron chi connectivity index (χ1n) is 9.34. The first-order valence-corrected chi connectivity index (χ1v) is 9.34.